The maximum atomic E-state index is 8.50. The van der Waals surface area contributed by atoms with Gasteiger partial charge in [0.2, 0.25) is 0 Å². The predicted octanol–water partition coefficient (Wildman–Crippen LogP) is 2.60. The molecule has 17 heavy (non-hydrogen) atoms. The van der Waals surface area contributed by atoms with E-state index in [2.05, 4.69) is 26.8 Å². The van der Waals surface area contributed by atoms with Crippen LogP contribution >= 0.6 is 0 Å². The molecule has 3 heteroatoms. The molecule has 0 radical (unpaired) electrons. The lowest BCUT2D eigenvalue weighted by Gasteiger charge is -2.20. The van der Waals surface area contributed by atoms with E-state index in [0.29, 0.717) is 13.0 Å². The summed E-state index contributed by atoms with van der Waals surface area (Å²) >= 11 is 0. The highest BCUT2D eigenvalue weighted by molar-refractivity contribution is 5.32. The van der Waals surface area contributed by atoms with Gasteiger partial charge in [-0.3, -0.25) is 0 Å². The molecule has 0 amide bonds. The fraction of sp³-hybridized carbons (Fsp3) is 0.500. The molecule has 92 valence electrons. The van der Waals surface area contributed by atoms with Crippen LogP contribution in [0.3, 0.4) is 0 Å². The summed E-state index contributed by atoms with van der Waals surface area (Å²) in [5.41, 5.74) is 7.04. The van der Waals surface area contributed by atoms with Crippen molar-refractivity contribution < 1.29 is 4.74 Å². The Kier molecular flexibility index (Phi) is 4.53. The van der Waals surface area contributed by atoms with Crippen molar-refractivity contribution in [2.75, 3.05) is 6.61 Å². The van der Waals surface area contributed by atoms with Crippen molar-refractivity contribution in [3.8, 4) is 11.8 Å². The third-order valence-electron chi connectivity index (χ3n) is 2.52. The summed E-state index contributed by atoms with van der Waals surface area (Å²) < 4.78 is 5.58. The molecule has 1 aromatic carbocycles. The fourth-order valence-corrected chi connectivity index (χ4v) is 1.43. The van der Waals surface area contributed by atoms with E-state index in [4.69, 9.17) is 15.7 Å². The number of nitriles is 1. The summed E-state index contributed by atoms with van der Waals surface area (Å²) in [6.45, 7) is 6.86. The van der Waals surface area contributed by atoms with Gasteiger partial charge in [-0.05, 0) is 23.1 Å². The zero-order valence-electron chi connectivity index (χ0n) is 10.7. The fourth-order valence-electron chi connectivity index (χ4n) is 1.43. The second-order valence-electron chi connectivity index (χ2n) is 5.21. The second-order valence-corrected chi connectivity index (χ2v) is 5.21. The van der Waals surface area contributed by atoms with Gasteiger partial charge in [0.25, 0.3) is 0 Å². The van der Waals surface area contributed by atoms with Gasteiger partial charge in [-0.15, -0.1) is 0 Å². The van der Waals surface area contributed by atoms with Crippen LogP contribution in [0.5, 0.6) is 5.75 Å². The molecule has 0 aliphatic carbocycles. The molecule has 0 saturated heterocycles. The molecule has 0 aliphatic heterocycles. The highest BCUT2D eigenvalue weighted by Gasteiger charge is 2.14. The highest BCUT2D eigenvalue weighted by Crippen LogP contribution is 2.25. The molecule has 0 aliphatic rings. The van der Waals surface area contributed by atoms with Gasteiger partial charge in [0.05, 0.1) is 18.5 Å². The standard InChI is InChI=1S/C14H20N2O/c1-14(2,3)11-5-4-6-13(9-11)17-10-12(16)7-8-15/h4-6,9,12H,7,10,16H2,1-3H3. The average molecular weight is 232 g/mol. The molecular formula is C14H20N2O. The number of hydrogen-bond donors (Lipinski definition) is 1. The van der Waals surface area contributed by atoms with Gasteiger partial charge < -0.3 is 10.5 Å². The van der Waals surface area contributed by atoms with Gasteiger partial charge in [-0.25, -0.2) is 0 Å². The lowest BCUT2D eigenvalue weighted by atomic mass is 9.87. The number of ether oxygens (including phenoxy) is 1. The molecule has 0 fully saturated rings. The lowest BCUT2D eigenvalue weighted by molar-refractivity contribution is 0.289. The summed E-state index contributed by atoms with van der Waals surface area (Å²) in [5, 5.41) is 8.50. The maximum absolute atomic E-state index is 8.50. The van der Waals surface area contributed by atoms with E-state index in [0.717, 1.165) is 5.75 Å². The van der Waals surface area contributed by atoms with Crippen LogP contribution in [0.25, 0.3) is 0 Å². The van der Waals surface area contributed by atoms with Crippen LogP contribution in [-0.4, -0.2) is 12.6 Å². The van der Waals surface area contributed by atoms with E-state index in [1.54, 1.807) is 0 Å². The second kappa shape index (κ2) is 5.70. The molecule has 1 atom stereocenters. The Hall–Kier alpha value is -1.53. The first-order valence-corrected chi connectivity index (χ1v) is 5.79. The van der Waals surface area contributed by atoms with E-state index in [9.17, 15) is 0 Å². The molecule has 1 rings (SSSR count). The Morgan fingerprint density at radius 1 is 1.41 bits per heavy atom. The van der Waals surface area contributed by atoms with Crippen molar-refractivity contribution in [1.29, 1.82) is 5.26 Å². The first-order valence-electron chi connectivity index (χ1n) is 5.79. The largest absolute Gasteiger partial charge is 0.492 e. The molecule has 1 unspecified atom stereocenters. The Labute approximate surface area is 103 Å². The molecule has 0 aromatic heterocycles. The van der Waals surface area contributed by atoms with E-state index < -0.39 is 0 Å². The topological polar surface area (TPSA) is 59.0 Å². The van der Waals surface area contributed by atoms with Gasteiger partial charge in [-0.2, -0.15) is 5.26 Å². The first kappa shape index (κ1) is 13.5. The SMILES string of the molecule is CC(C)(C)c1cccc(OCC(N)CC#N)c1. The van der Waals surface area contributed by atoms with Crippen LogP contribution in [0.1, 0.15) is 32.8 Å². The summed E-state index contributed by atoms with van der Waals surface area (Å²) in [6.07, 6.45) is 0.318. The molecule has 3 nitrogen and oxygen atoms in total. The number of benzene rings is 1. The number of nitrogens with zero attached hydrogens (tertiary/aromatic N) is 1. The summed E-state index contributed by atoms with van der Waals surface area (Å²) in [7, 11) is 0. The Balaban J connectivity index is 2.64. The van der Waals surface area contributed by atoms with Gasteiger partial charge >= 0.3 is 0 Å². The van der Waals surface area contributed by atoms with Crippen molar-refractivity contribution in [2.45, 2.75) is 38.6 Å². The highest BCUT2D eigenvalue weighted by atomic mass is 16.5. The van der Waals surface area contributed by atoms with Crippen LogP contribution in [0.2, 0.25) is 0 Å². The third-order valence-corrected chi connectivity index (χ3v) is 2.52. The first-order chi connectivity index (χ1) is 7.93. The molecule has 0 spiro atoms. The Bertz CT molecular complexity index is 401. The van der Waals surface area contributed by atoms with Gasteiger partial charge in [0.1, 0.15) is 12.4 Å². The molecule has 0 saturated carbocycles. The number of nitrogens with two attached hydrogens (primary N) is 1. The van der Waals surface area contributed by atoms with Crippen molar-refractivity contribution in [3.63, 3.8) is 0 Å². The van der Waals surface area contributed by atoms with E-state index in [-0.39, 0.29) is 11.5 Å². The van der Waals surface area contributed by atoms with Crippen LogP contribution in [-0.2, 0) is 5.41 Å². The summed E-state index contributed by atoms with van der Waals surface area (Å²) in [4.78, 5) is 0. The van der Waals surface area contributed by atoms with E-state index in [1.807, 2.05) is 24.3 Å². The van der Waals surface area contributed by atoms with Crippen molar-refractivity contribution in [2.24, 2.45) is 5.73 Å². The minimum Gasteiger partial charge on any atom is -0.492 e. The maximum Gasteiger partial charge on any atom is 0.119 e. The van der Waals surface area contributed by atoms with Gasteiger partial charge in [0, 0.05) is 0 Å². The van der Waals surface area contributed by atoms with Crippen molar-refractivity contribution in [1.82, 2.24) is 0 Å². The zero-order valence-corrected chi connectivity index (χ0v) is 10.7. The average Bonchev–Trinajstić information content (AvgIpc) is 2.26. The van der Waals surface area contributed by atoms with Crippen molar-refractivity contribution >= 4 is 0 Å². The van der Waals surface area contributed by atoms with Crippen LogP contribution in [0, 0.1) is 11.3 Å². The minimum absolute atomic E-state index is 0.105. The van der Waals surface area contributed by atoms with Gasteiger partial charge in [-0.1, -0.05) is 32.9 Å². The van der Waals surface area contributed by atoms with Crippen LogP contribution in [0.4, 0.5) is 0 Å². The van der Waals surface area contributed by atoms with E-state index >= 15 is 0 Å². The molecule has 0 heterocycles. The van der Waals surface area contributed by atoms with Crippen molar-refractivity contribution in [3.05, 3.63) is 29.8 Å². The van der Waals surface area contributed by atoms with Crippen LogP contribution in [0.15, 0.2) is 24.3 Å². The van der Waals surface area contributed by atoms with E-state index in [1.165, 1.54) is 5.56 Å². The predicted molar refractivity (Wildman–Crippen MR) is 68.8 cm³/mol. The molecule has 1 aromatic rings. The minimum atomic E-state index is -0.224. The zero-order chi connectivity index (χ0) is 12.9. The lowest BCUT2D eigenvalue weighted by Crippen LogP contribution is -2.27. The molecule has 0 bridgehead atoms. The Morgan fingerprint density at radius 3 is 2.71 bits per heavy atom. The number of hydrogen-bond acceptors (Lipinski definition) is 3. The normalized spacial score (nSPS) is 12.9. The molecular weight excluding hydrogens is 212 g/mol. The summed E-state index contributed by atoms with van der Waals surface area (Å²) in [5.74, 6) is 0.811. The Morgan fingerprint density at radius 2 is 2.12 bits per heavy atom. The third kappa shape index (κ3) is 4.46. The number of rotatable bonds is 4. The quantitative estimate of drug-likeness (QED) is 0.868. The van der Waals surface area contributed by atoms with Gasteiger partial charge in [0.15, 0.2) is 0 Å². The molecule has 2 N–H and O–H groups in total. The van der Waals surface area contributed by atoms with Crippen LogP contribution < -0.4 is 10.5 Å². The summed E-state index contributed by atoms with van der Waals surface area (Å²) in [6, 6.07) is 9.81. The smallest absolute Gasteiger partial charge is 0.119 e. The monoisotopic (exact) mass is 232 g/mol.